The van der Waals surface area contributed by atoms with Gasteiger partial charge in [-0.3, -0.25) is 0 Å². The minimum atomic E-state index is 0.623. The van der Waals surface area contributed by atoms with Crippen LogP contribution in [0.4, 0.5) is 11.4 Å². The van der Waals surface area contributed by atoms with E-state index in [1.807, 2.05) is 0 Å². The van der Waals surface area contributed by atoms with Gasteiger partial charge in [0.1, 0.15) is 0 Å². The number of hydrogen-bond donors (Lipinski definition) is 3. The van der Waals surface area contributed by atoms with Crippen LogP contribution >= 0.6 is 12.6 Å². The third-order valence-corrected chi connectivity index (χ3v) is 1.46. The predicted molar refractivity (Wildman–Crippen MR) is 42.5 cm³/mol. The normalized spacial score (nSPS) is 9.44. The Morgan fingerprint density at radius 1 is 1.22 bits per heavy atom. The lowest BCUT2D eigenvalue weighted by atomic mass is 10.3. The highest BCUT2D eigenvalue weighted by Crippen LogP contribution is 2.18. The molecule has 1 aromatic rings. The SMILES string of the molecule is Nc1ccc(S)c(N)c1. The molecule has 3 heteroatoms. The van der Waals surface area contributed by atoms with Gasteiger partial charge in [0, 0.05) is 16.3 Å². The summed E-state index contributed by atoms with van der Waals surface area (Å²) in [6.07, 6.45) is 0. The molecular weight excluding hydrogens is 132 g/mol. The zero-order valence-corrected chi connectivity index (χ0v) is 5.73. The van der Waals surface area contributed by atoms with Crippen molar-refractivity contribution in [1.29, 1.82) is 0 Å². The predicted octanol–water partition coefficient (Wildman–Crippen LogP) is 1.14. The first-order chi connectivity index (χ1) is 4.20. The molecule has 0 saturated carbocycles. The standard InChI is InChI=1S/C6H8N2S/c7-4-1-2-6(9)5(8)3-4/h1-3,9H,7-8H2. The number of anilines is 2. The molecule has 0 saturated heterocycles. The number of nitrogens with two attached hydrogens (primary N) is 2. The summed E-state index contributed by atoms with van der Waals surface area (Å²) in [5.41, 5.74) is 12.2. The molecule has 0 spiro atoms. The summed E-state index contributed by atoms with van der Waals surface area (Å²) in [5, 5.41) is 0. The molecule has 2 nitrogen and oxygen atoms in total. The van der Waals surface area contributed by atoms with E-state index in [0.29, 0.717) is 11.4 Å². The molecule has 0 bridgehead atoms. The third-order valence-electron chi connectivity index (χ3n) is 1.05. The second kappa shape index (κ2) is 2.19. The molecule has 1 aromatic carbocycles. The molecule has 0 unspecified atom stereocenters. The smallest absolute Gasteiger partial charge is 0.0470 e. The van der Waals surface area contributed by atoms with Gasteiger partial charge in [-0.2, -0.15) is 0 Å². The van der Waals surface area contributed by atoms with Gasteiger partial charge in [-0.1, -0.05) is 0 Å². The minimum absolute atomic E-state index is 0.623. The summed E-state index contributed by atoms with van der Waals surface area (Å²) in [7, 11) is 0. The fraction of sp³-hybridized carbons (Fsp3) is 0. The van der Waals surface area contributed by atoms with Crippen LogP contribution in [0.15, 0.2) is 23.1 Å². The Labute approximate surface area is 59.3 Å². The fourth-order valence-corrected chi connectivity index (χ4v) is 0.712. The van der Waals surface area contributed by atoms with Crippen molar-refractivity contribution in [2.45, 2.75) is 4.90 Å². The Balaban J connectivity index is 3.17. The average Bonchev–Trinajstić information content (AvgIpc) is 1.80. The summed E-state index contributed by atoms with van der Waals surface area (Å²) in [4.78, 5) is 0.768. The molecule has 0 atom stereocenters. The molecule has 0 radical (unpaired) electrons. The maximum absolute atomic E-state index is 5.46. The zero-order valence-electron chi connectivity index (χ0n) is 4.83. The molecule has 4 N–H and O–H groups in total. The molecule has 9 heavy (non-hydrogen) atoms. The molecule has 1 rings (SSSR count). The lowest BCUT2D eigenvalue weighted by Gasteiger charge is -1.97. The van der Waals surface area contributed by atoms with Gasteiger partial charge in [0.25, 0.3) is 0 Å². The molecule has 0 aliphatic carbocycles. The van der Waals surface area contributed by atoms with E-state index in [1.165, 1.54) is 0 Å². The summed E-state index contributed by atoms with van der Waals surface area (Å²) in [6, 6.07) is 5.22. The molecule has 0 fully saturated rings. The van der Waals surface area contributed by atoms with Gasteiger partial charge in [-0.05, 0) is 18.2 Å². The second-order valence-corrected chi connectivity index (χ2v) is 2.30. The maximum atomic E-state index is 5.46. The first kappa shape index (κ1) is 6.29. The van der Waals surface area contributed by atoms with Crippen LogP contribution in [-0.2, 0) is 0 Å². The Morgan fingerprint density at radius 2 is 1.89 bits per heavy atom. The molecule has 0 aromatic heterocycles. The maximum Gasteiger partial charge on any atom is 0.0470 e. The van der Waals surface area contributed by atoms with Gasteiger partial charge in [-0.15, -0.1) is 12.6 Å². The van der Waals surface area contributed by atoms with Gasteiger partial charge in [0.15, 0.2) is 0 Å². The van der Waals surface area contributed by atoms with E-state index in [1.54, 1.807) is 18.2 Å². The van der Waals surface area contributed by atoms with Gasteiger partial charge in [0.05, 0.1) is 0 Å². The first-order valence-electron chi connectivity index (χ1n) is 2.54. The topological polar surface area (TPSA) is 52.0 Å². The van der Waals surface area contributed by atoms with Crippen LogP contribution < -0.4 is 11.5 Å². The Bertz CT molecular complexity index is 222. The van der Waals surface area contributed by atoms with E-state index in [9.17, 15) is 0 Å². The summed E-state index contributed by atoms with van der Waals surface area (Å²) in [5.74, 6) is 0. The summed E-state index contributed by atoms with van der Waals surface area (Å²) in [6.45, 7) is 0. The summed E-state index contributed by atoms with van der Waals surface area (Å²) < 4.78 is 0. The number of benzene rings is 1. The highest BCUT2D eigenvalue weighted by Gasteiger charge is 1.91. The monoisotopic (exact) mass is 140 g/mol. The third kappa shape index (κ3) is 1.29. The van der Waals surface area contributed by atoms with Crippen LogP contribution in [0.3, 0.4) is 0 Å². The van der Waals surface area contributed by atoms with Crippen molar-refractivity contribution in [1.82, 2.24) is 0 Å². The Kier molecular flexibility index (Phi) is 1.53. The lowest BCUT2D eigenvalue weighted by molar-refractivity contribution is 1.48. The van der Waals surface area contributed by atoms with Crippen LogP contribution in [0.25, 0.3) is 0 Å². The van der Waals surface area contributed by atoms with E-state index in [2.05, 4.69) is 12.6 Å². The molecule has 0 aliphatic heterocycles. The summed E-state index contributed by atoms with van der Waals surface area (Å²) >= 11 is 4.06. The van der Waals surface area contributed by atoms with Gasteiger partial charge >= 0.3 is 0 Å². The van der Waals surface area contributed by atoms with Crippen molar-refractivity contribution in [3.8, 4) is 0 Å². The fourth-order valence-electron chi connectivity index (χ4n) is 0.573. The quantitative estimate of drug-likeness (QED) is 0.374. The average molecular weight is 140 g/mol. The van der Waals surface area contributed by atoms with Crippen LogP contribution in [0.2, 0.25) is 0 Å². The molecule has 0 heterocycles. The van der Waals surface area contributed by atoms with Gasteiger partial charge in [-0.25, -0.2) is 0 Å². The van der Waals surface area contributed by atoms with Crippen LogP contribution in [0, 0.1) is 0 Å². The van der Waals surface area contributed by atoms with Crippen molar-refractivity contribution in [3.63, 3.8) is 0 Å². The van der Waals surface area contributed by atoms with E-state index in [4.69, 9.17) is 11.5 Å². The molecule has 0 amide bonds. The number of thiol groups is 1. The van der Waals surface area contributed by atoms with Crippen LogP contribution in [-0.4, -0.2) is 0 Å². The van der Waals surface area contributed by atoms with Crippen molar-refractivity contribution >= 4 is 24.0 Å². The number of rotatable bonds is 0. The number of hydrogen-bond acceptors (Lipinski definition) is 3. The van der Waals surface area contributed by atoms with Crippen LogP contribution in [0.5, 0.6) is 0 Å². The van der Waals surface area contributed by atoms with E-state index < -0.39 is 0 Å². The van der Waals surface area contributed by atoms with E-state index in [-0.39, 0.29) is 0 Å². The van der Waals surface area contributed by atoms with Gasteiger partial charge in [0.2, 0.25) is 0 Å². The van der Waals surface area contributed by atoms with Crippen LogP contribution in [0.1, 0.15) is 0 Å². The zero-order chi connectivity index (χ0) is 6.85. The molecule has 0 aliphatic rings. The van der Waals surface area contributed by atoms with Crippen molar-refractivity contribution in [2.24, 2.45) is 0 Å². The Hall–Kier alpha value is -0.830. The molecule has 48 valence electrons. The van der Waals surface area contributed by atoms with Gasteiger partial charge < -0.3 is 11.5 Å². The second-order valence-electron chi connectivity index (χ2n) is 1.82. The van der Waals surface area contributed by atoms with Crippen molar-refractivity contribution < 1.29 is 0 Å². The lowest BCUT2D eigenvalue weighted by Crippen LogP contribution is -1.89. The number of nitrogen functional groups attached to an aromatic ring is 2. The van der Waals surface area contributed by atoms with E-state index in [0.717, 1.165) is 4.90 Å². The largest absolute Gasteiger partial charge is 0.399 e. The van der Waals surface area contributed by atoms with Crippen molar-refractivity contribution in [2.75, 3.05) is 11.5 Å². The highest BCUT2D eigenvalue weighted by molar-refractivity contribution is 7.80. The molecular formula is C6H8N2S. The minimum Gasteiger partial charge on any atom is -0.399 e. The highest BCUT2D eigenvalue weighted by atomic mass is 32.1. The van der Waals surface area contributed by atoms with E-state index >= 15 is 0 Å². The first-order valence-corrected chi connectivity index (χ1v) is 2.99. The Morgan fingerprint density at radius 3 is 2.33 bits per heavy atom. The van der Waals surface area contributed by atoms with Crippen molar-refractivity contribution in [3.05, 3.63) is 18.2 Å².